The minimum atomic E-state index is -0.148. The van der Waals surface area contributed by atoms with Gasteiger partial charge in [0.15, 0.2) is 0 Å². The second-order valence-electron chi connectivity index (χ2n) is 5.92. The highest BCUT2D eigenvalue weighted by molar-refractivity contribution is 7.07. The molecule has 128 valence electrons. The van der Waals surface area contributed by atoms with Gasteiger partial charge in [-0.1, -0.05) is 71.5 Å². The second-order valence-corrected chi connectivity index (χ2v) is 6.75. The number of benzene rings is 2. The van der Waals surface area contributed by atoms with Crippen LogP contribution >= 0.6 is 11.3 Å². The molecule has 0 saturated carbocycles. The van der Waals surface area contributed by atoms with Crippen molar-refractivity contribution in [1.82, 2.24) is 9.88 Å². The summed E-state index contributed by atoms with van der Waals surface area (Å²) in [7, 11) is 0. The number of rotatable bonds is 6. The van der Waals surface area contributed by atoms with Gasteiger partial charge in [-0.05, 0) is 24.5 Å². The third-order valence-corrected chi connectivity index (χ3v) is 4.77. The van der Waals surface area contributed by atoms with E-state index in [1.807, 2.05) is 66.9 Å². The zero-order valence-electron chi connectivity index (χ0n) is 14.1. The zero-order chi connectivity index (χ0) is 17.6. The standard InChI is InChI=1S/C20H20N2O2S/c1-15-7-9-17(10-8-15)18-14-25-20(24)22(18)13-19(23)21-12-11-16-5-3-2-4-6-16/h2-10,14H,11-13H2,1H3,(H,21,23). The maximum absolute atomic E-state index is 12.2. The molecule has 1 amide bonds. The third kappa shape index (κ3) is 4.45. The first-order valence-electron chi connectivity index (χ1n) is 8.19. The monoisotopic (exact) mass is 352 g/mol. The summed E-state index contributed by atoms with van der Waals surface area (Å²) in [6.07, 6.45) is 0.774. The zero-order valence-corrected chi connectivity index (χ0v) is 14.9. The smallest absolute Gasteiger partial charge is 0.308 e. The Hall–Kier alpha value is -2.66. The Bertz CT molecular complexity index is 895. The van der Waals surface area contributed by atoms with Crippen molar-refractivity contribution in [3.8, 4) is 11.3 Å². The molecule has 0 bridgehead atoms. The maximum atomic E-state index is 12.2. The third-order valence-electron chi connectivity index (χ3n) is 4.01. The second kappa shape index (κ2) is 7.94. The molecule has 2 aromatic carbocycles. The predicted molar refractivity (Wildman–Crippen MR) is 102 cm³/mol. The summed E-state index contributed by atoms with van der Waals surface area (Å²) < 4.78 is 1.53. The molecule has 0 aliphatic carbocycles. The average Bonchev–Trinajstić information content (AvgIpc) is 2.97. The van der Waals surface area contributed by atoms with Crippen molar-refractivity contribution in [3.05, 3.63) is 80.8 Å². The molecule has 0 aliphatic heterocycles. The van der Waals surface area contributed by atoms with Crippen LogP contribution in [0.5, 0.6) is 0 Å². The SMILES string of the molecule is Cc1ccc(-c2csc(=O)n2CC(=O)NCCc2ccccc2)cc1. The Morgan fingerprint density at radius 3 is 2.52 bits per heavy atom. The summed E-state index contributed by atoms with van der Waals surface area (Å²) in [6, 6.07) is 17.9. The number of nitrogens with zero attached hydrogens (tertiary/aromatic N) is 1. The highest BCUT2D eigenvalue weighted by Gasteiger charge is 2.12. The number of aromatic nitrogens is 1. The van der Waals surface area contributed by atoms with Gasteiger partial charge in [-0.25, -0.2) is 0 Å². The van der Waals surface area contributed by atoms with E-state index in [0.717, 1.165) is 34.6 Å². The van der Waals surface area contributed by atoms with E-state index < -0.39 is 0 Å². The van der Waals surface area contributed by atoms with Gasteiger partial charge in [-0.3, -0.25) is 14.2 Å². The summed E-state index contributed by atoms with van der Waals surface area (Å²) in [6.45, 7) is 2.62. The van der Waals surface area contributed by atoms with E-state index in [-0.39, 0.29) is 17.3 Å². The minimum Gasteiger partial charge on any atom is -0.354 e. The van der Waals surface area contributed by atoms with Crippen LogP contribution in [0.25, 0.3) is 11.3 Å². The molecule has 1 aromatic heterocycles. The quantitative estimate of drug-likeness (QED) is 0.740. The van der Waals surface area contributed by atoms with Crippen LogP contribution in [0.2, 0.25) is 0 Å². The number of carbonyl (C=O) groups excluding carboxylic acids is 1. The van der Waals surface area contributed by atoms with Crippen molar-refractivity contribution in [1.29, 1.82) is 0 Å². The molecule has 1 N–H and O–H groups in total. The first-order chi connectivity index (χ1) is 12.1. The predicted octanol–water partition coefficient (Wildman–Crippen LogP) is 3.24. The molecule has 5 heteroatoms. The summed E-state index contributed by atoms with van der Waals surface area (Å²) in [5.74, 6) is -0.148. The van der Waals surface area contributed by atoms with Crippen LogP contribution in [0.3, 0.4) is 0 Å². The molecule has 0 radical (unpaired) electrons. The van der Waals surface area contributed by atoms with E-state index in [1.165, 1.54) is 10.1 Å². The molecular weight excluding hydrogens is 332 g/mol. The summed E-state index contributed by atoms with van der Waals surface area (Å²) in [5, 5.41) is 4.70. The molecule has 0 spiro atoms. The van der Waals surface area contributed by atoms with Crippen molar-refractivity contribution in [2.45, 2.75) is 19.9 Å². The number of aryl methyl sites for hydroxylation is 1. The van der Waals surface area contributed by atoms with Gasteiger partial charge in [0.05, 0.1) is 5.69 Å². The van der Waals surface area contributed by atoms with Crippen LogP contribution in [-0.4, -0.2) is 17.0 Å². The first-order valence-corrected chi connectivity index (χ1v) is 9.07. The van der Waals surface area contributed by atoms with E-state index in [0.29, 0.717) is 6.54 Å². The van der Waals surface area contributed by atoms with E-state index in [4.69, 9.17) is 0 Å². The first kappa shape index (κ1) is 17.2. The molecule has 0 unspecified atom stereocenters. The largest absolute Gasteiger partial charge is 0.354 e. The van der Waals surface area contributed by atoms with E-state index in [9.17, 15) is 9.59 Å². The van der Waals surface area contributed by atoms with Gasteiger partial charge in [0.2, 0.25) is 5.91 Å². The van der Waals surface area contributed by atoms with Gasteiger partial charge >= 0.3 is 4.87 Å². The van der Waals surface area contributed by atoms with Crippen molar-refractivity contribution < 1.29 is 4.79 Å². The lowest BCUT2D eigenvalue weighted by Gasteiger charge is -2.09. The Morgan fingerprint density at radius 1 is 1.08 bits per heavy atom. The molecule has 1 heterocycles. The van der Waals surface area contributed by atoms with Gasteiger partial charge < -0.3 is 5.32 Å². The highest BCUT2D eigenvalue weighted by Crippen LogP contribution is 2.20. The van der Waals surface area contributed by atoms with E-state index in [1.54, 1.807) is 0 Å². The number of hydrogen-bond donors (Lipinski definition) is 1. The molecule has 4 nitrogen and oxygen atoms in total. The molecule has 3 rings (SSSR count). The van der Waals surface area contributed by atoms with Crippen LogP contribution in [0.15, 0.2) is 64.8 Å². The minimum absolute atomic E-state index is 0.0420. The summed E-state index contributed by atoms with van der Waals surface area (Å²) in [4.78, 5) is 24.2. The fraction of sp³-hybridized carbons (Fsp3) is 0.200. The molecule has 3 aromatic rings. The van der Waals surface area contributed by atoms with Gasteiger partial charge in [-0.2, -0.15) is 0 Å². The van der Waals surface area contributed by atoms with Crippen molar-refractivity contribution in [2.24, 2.45) is 0 Å². The van der Waals surface area contributed by atoms with Crippen LogP contribution < -0.4 is 10.2 Å². The lowest BCUT2D eigenvalue weighted by molar-refractivity contribution is -0.121. The molecule has 0 aliphatic rings. The number of amides is 1. The molecule has 0 atom stereocenters. The average molecular weight is 352 g/mol. The van der Waals surface area contributed by atoms with E-state index in [2.05, 4.69) is 5.32 Å². The number of thiazole rings is 1. The maximum Gasteiger partial charge on any atom is 0.308 e. The number of carbonyl (C=O) groups is 1. The molecule has 25 heavy (non-hydrogen) atoms. The normalized spacial score (nSPS) is 10.6. The Balaban J connectivity index is 1.64. The number of hydrogen-bond acceptors (Lipinski definition) is 3. The van der Waals surface area contributed by atoms with Crippen molar-refractivity contribution >= 4 is 17.2 Å². The fourth-order valence-electron chi connectivity index (χ4n) is 2.62. The lowest BCUT2D eigenvalue weighted by Crippen LogP contribution is -2.32. The summed E-state index contributed by atoms with van der Waals surface area (Å²) >= 11 is 1.12. The Kier molecular flexibility index (Phi) is 5.46. The van der Waals surface area contributed by atoms with Crippen LogP contribution in [0, 0.1) is 6.92 Å². The number of nitrogens with one attached hydrogen (secondary N) is 1. The van der Waals surface area contributed by atoms with E-state index >= 15 is 0 Å². The molecule has 0 fully saturated rings. The van der Waals surface area contributed by atoms with Crippen molar-refractivity contribution in [2.75, 3.05) is 6.54 Å². The van der Waals surface area contributed by atoms with Crippen LogP contribution in [-0.2, 0) is 17.8 Å². The fourth-order valence-corrected chi connectivity index (χ4v) is 3.39. The topological polar surface area (TPSA) is 51.1 Å². The van der Waals surface area contributed by atoms with Gasteiger partial charge in [0.25, 0.3) is 0 Å². The van der Waals surface area contributed by atoms with Gasteiger partial charge in [0.1, 0.15) is 6.54 Å². The highest BCUT2D eigenvalue weighted by atomic mass is 32.1. The van der Waals surface area contributed by atoms with Gasteiger partial charge in [-0.15, -0.1) is 0 Å². The summed E-state index contributed by atoms with van der Waals surface area (Å²) in [5.41, 5.74) is 4.07. The molecular formula is C20H20N2O2S. The van der Waals surface area contributed by atoms with Gasteiger partial charge in [0, 0.05) is 11.9 Å². The Morgan fingerprint density at radius 2 is 1.80 bits per heavy atom. The van der Waals surface area contributed by atoms with Crippen molar-refractivity contribution in [3.63, 3.8) is 0 Å². The lowest BCUT2D eigenvalue weighted by atomic mass is 10.1. The van der Waals surface area contributed by atoms with Crippen LogP contribution in [0.4, 0.5) is 0 Å². The molecule has 0 saturated heterocycles. The van der Waals surface area contributed by atoms with Crippen LogP contribution in [0.1, 0.15) is 11.1 Å². The Labute approximate surface area is 150 Å².